The summed E-state index contributed by atoms with van der Waals surface area (Å²) < 4.78 is 1.97. The van der Waals surface area contributed by atoms with Crippen molar-refractivity contribution < 1.29 is 4.79 Å². The van der Waals surface area contributed by atoms with Crippen molar-refractivity contribution in [2.45, 2.75) is 27.7 Å². The van der Waals surface area contributed by atoms with Crippen LogP contribution in [0.4, 0.5) is 5.69 Å². The van der Waals surface area contributed by atoms with Gasteiger partial charge in [0.15, 0.2) is 0 Å². The van der Waals surface area contributed by atoms with E-state index in [9.17, 15) is 4.79 Å². The van der Waals surface area contributed by atoms with Gasteiger partial charge in [-0.05, 0) is 68.7 Å². The van der Waals surface area contributed by atoms with Crippen LogP contribution in [-0.2, 0) is 0 Å². The van der Waals surface area contributed by atoms with Crippen LogP contribution in [-0.4, -0.2) is 46.8 Å². The molecule has 3 heterocycles. The molecule has 6 heteroatoms. The Kier molecular flexibility index (Phi) is 5.25. The van der Waals surface area contributed by atoms with Gasteiger partial charge in [0, 0.05) is 37.3 Å². The number of carbonyl (C=O) groups is 1. The van der Waals surface area contributed by atoms with Gasteiger partial charge in [0.1, 0.15) is 4.83 Å². The Bertz CT molecular complexity index is 1310. The summed E-state index contributed by atoms with van der Waals surface area (Å²) in [4.78, 5) is 19.6. The number of carbonyl (C=O) groups excluding carboxylic acids is 1. The summed E-state index contributed by atoms with van der Waals surface area (Å²) in [6, 6.07) is 16.9. The minimum absolute atomic E-state index is 0.127. The number of amides is 1. The van der Waals surface area contributed by atoms with E-state index in [2.05, 4.69) is 62.1 Å². The standard InChI is InChI=1S/C26H28N4OS/c1-17-6-5-7-21(14-17)30-26-22(20(4)27-30)16-24(32-26)25(31)29-12-10-28(11-13-29)23-15-18(2)8-9-19(23)3/h5-9,14-16H,10-13H2,1-4H3. The van der Waals surface area contributed by atoms with E-state index < -0.39 is 0 Å². The van der Waals surface area contributed by atoms with E-state index in [1.165, 1.54) is 22.4 Å². The third-order valence-electron chi connectivity index (χ3n) is 6.27. The van der Waals surface area contributed by atoms with E-state index in [1.54, 1.807) is 11.3 Å². The molecule has 5 rings (SSSR count). The fourth-order valence-electron chi connectivity index (χ4n) is 4.45. The van der Waals surface area contributed by atoms with Crippen molar-refractivity contribution in [2.24, 2.45) is 0 Å². The maximum atomic E-state index is 13.3. The van der Waals surface area contributed by atoms with E-state index in [4.69, 9.17) is 5.10 Å². The maximum Gasteiger partial charge on any atom is 0.264 e. The first kappa shape index (κ1) is 20.8. The topological polar surface area (TPSA) is 41.4 Å². The van der Waals surface area contributed by atoms with Gasteiger partial charge >= 0.3 is 0 Å². The average Bonchev–Trinajstić information content (AvgIpc) is 3.36. The number of anilines is 1. The molecular formula is C26H28N4OS. The van der Waals surface area contributed by atoms with E-state index in [-0.39, 0.29) is 5.91 Å². The van der Waals surface area contributed by atoms with Crippen molar-refractivity contribution in [2.75, 3.05) is 31.1 Å². The molecule has 0 bridgehead atoms. The molecule has 1 amide bonds. The predicted molar refractivity (Wildman–Crippen MR) is 132 cm³/mol. The number of hydrogen-bond donors (Lipinski definition) is 0. The van der Waals surface area contributed by atoms with Crippen molar-refractivity contribution >= 4 is 33.1 Å². The zero-order valence-corrected chi connectivity index (χ0v) is 19.9. The molecule has 2 aromatic heterocycles. The second kappa shape index (κ2) is 8.10. The van der Waals surface area contributed by atoms with Crippen LogP contribution < -0.4 is 4.90 Å². The molecule has 0 unspecified atom stereocenters. The first-order chi connectivity index (χ1) is 15.4. The molecule has 164 valence electrons. The number of benzene rings is 2. The number of fused-ring (bicyclic) bond motifs is 1. The minimum Gasteiger partial charge on any atom is -0.368 e. The second-order valence-corrected chi connectivity index (χ2v) is 9.77. The molecule has 1 aliphatic rings. The predicted octanol–water partition coefficient (Wildman–Crippen LogP) is 5.28. The maximum absolute atomic E-state index is 13.3. The molecule has 32 heavy (non-hydrogen) atoms. The molecule has 5 nitrogen and oxygen atoms in total. The molecule has 0 saturated carbocycles. The van der Waals surface area contributed by atoms with Crippen molar-refractivity contribution in [1.82, 2.24) is 14.7 Å². The number of aryl methyl sites for hydroxylation is 4. The van der Waals surface area contributed by atoms with E-state index in [1.807, 2.05) is 28.6 Å². The van der Waals surface area contributed by atoms with E-state index >= 15 is 0 Å². The van der Waals surface area contributed by atoms with Crippen molar-refractivity contribution in [3.63, 3.8) is 0 Å². The third kappa shape index (κ3) is 3.69. The summed E-state index contributed by atoms with van der Waals surface area (Å²) in [5.74, 6) is 0.127. The lowest BCUT2D eigenvalue weighted by molar-refractivity contribution is 0.0751. The summed E-state index contributed by atoms with van der Waals surface area (Å²) in [5.41, 5.74) is 7.03. The van der Waals surface area contributed by atoms with Crippen LogP contribution >= 0.6 is 11.3 Å². The van der Waals surface area contributed by atoms with E-state index in [0.29, 0.717) is 0 Å². The quantitative estimate of drug-likeness (QED) is 0.432. The second-order valence-electron chi connectivity index (χ2n) is 8.73. The smallest absolute Gasteiger partial charge is 0.264 e. The van der Waals surface area contributed by atoms with Crippen molar-refractivity contribution in [3.05, 3.63) is 75.8 Å². The Morgan fingerprint density at radius 2 is 1.66 bits per heavy atom. The van der Waals surface area contributed by atoms with Gasteiger partial charge in [-0.15, -0.1) is 11.3 Å². The Morgan fingerprint density at radius 1 is 0.906 bits per heavy atom. The van der Waals surface area contributed by atoms with Crippen LogP contribution in [0, 0.1) is 27.7 Å². The number of thiophene rings is 1. The molecule has 1 saturated heterocycles. The zero-order chi connectivity index (χ0) is 22.4. The highest BCUT2D eigenvalue weighted by Crippen LogP contribution is 2.32. The molecule has 0 N–H and O–H groups in total. The molecule has 1 aliphatic heterocycles. The lowest BCUT2D eigenvalue weighted by Gasteiger charge is -2.36. The number of aromatic nitrogens is 2. The Balaban J connectivity index is 1.37. The Hall–Kier alpha value is -3.12. The van der Waals surface area contributed by atoms with Gasteiger partial charge in [-0.2, -0.15) is 5.10 Å². The van der Waals surface area contributed by atoms with E-state index in [0.717, 1.165) is 52.7 Å². The largest absolute Gasteiger partial charge is 0.368 e. The molecule has 0 radical (unpaired) electrons. The van der Waals surface area contributed by atoms with Crippen molar-refractivity contribution in [1.29, 1.82) is 0 Å². The Labute approximate surface area is 192 Å². The van der Waals surface area contributed by atoms with Crippen LogP contribution in [0.1, 0.15) is 32.1 Å². The molecule has 0 spiro atoms. The van der Waals surface area contributed by atoms with Crippen LogP contribution in [0.15, 0.2) is 48.5 Å². The highest BCUT2D eigenvalue weighted by Gasteiger charge is 2.25. The van der Waals surface area contributed by atoms with Crippen molar-refractivity contribution in [3.8, 4) is 5.69 Å². The highest BCUT2D eigenvalue weighted by molar-refractivity contribution is 7.20. The lowest BCUT2D eigenvalue weighted by atomic mass is 10.1. The summed E-state index contributed by atoms with van der Waals surface area (Å²) in [7, 11) is 0. The van der Waals surface area contributed by atoms with Gasteiger partial charge in [0.05, 0.1) is 16.3 Å². The van der Waals surface area contributed by atoms with Gasteiger partial charge in [-0.1, -0.05) is 24.3 Å². The van der Waals surface area contributed by atoms with Crippen LogP contribution in [0.5, 0.6) is 0 Å². The minimum atomic E-state index is 0.127. The fraction of sp³-hybridized carbons (Fsp3) is 0.308. The summed E-state index contributed by atoms with van der Waals surface area (Å²) >= 11 is 1.54. The van der Waals surface area contributed by atoms with Gasteiger partial charge in [-0.3, -0.25) is 4.79 Å². The third-order valence-corrected chi connectivity index (χ3v) is 7.37. The molecule has 4 aromatic rings. The molecule has 0 atom stereocenters. The summed E-state index contributed by atoms with van der Waals surface area (Å²) in [6.45, 7) is 11.6. The highest BCUT2D eigenvalue weighted by atomic mass is 32.1. The first-order valence-corrected chi connectivity index (χ1v) is 11.9. The number of rotatable bonds is 3. The van der Waals surface area contributed by atoms with Crippen LogP contribution in [0.3, 0.4) is 0 Å². The number of hydrogen-bond acceptors (Lipinski definition) is 4. The Morgan fingerprint density at radius 3 is 2.41 bits per heavy atom. The molecule has 0 aliphatic carbocycles. The summed E-state index contributed by atoms with van der Waals surface area (Å²) in [5, 5.41) is 5.79. The lowest BCUT2D eigenvalue weighted by Crippen LogP contribution is -2.48. The van der Waals surface area contributed by atoms with Gasteiger partial charge < -0.3 is 9.80 Å². The van der Waals surface area contributed by atoms with Crippen LogP contribution in [0.25, 0.3) is 15.9 Å². The molecule has 1 fully saturated rings. The first-order valence-electron chi connectivity index (χ1n) is 11.1. The average molecular weight is 445 g/mol. The normalized spacial score (nSPS) is 14.4. The number of piperazine rings is 1. The van der Waals surface area contributed by atoms with Crippen LogP contribution in [0.2, 0.25) is 0 Å². The molecular weight excluding hydrogens is 416 g/mol. The number of nitrogens with zero attached hydrogens (tertiary/aromatic N) is 4. The monoisotopic (exact) mass is 444 g/mol. The van der Waals surface area contributed by atoms with Gasteiger partial charge in [0.2, 0.25) is 0 Å². The van der Waals surface area contributed by atoms with Gasteiger partial charge in [-0.25, -0.2) is 4.68 Å². The summed E-state index contributed by atoms with van der Waals surface area (Å²) in [6.07, 6.45) is 0. The fourth-order valence-corrected chi connectivity index (χ4v) is 5.60. The van der Waals surface area contributed by atoms with Gasteiger partial charge in [0.25, 0.3) is 5.91 Å². The zero-order valence-electron chi connectivity index (χ0n) is 19.1. The molecule has 2 aromatic carbocycles. The SMILES string of the molecule is Cc1cccc(-n2nc(C)c3cc(C(=O)N4CCN(c5cc(C)ccc5C)CC4)sc32)c1.